The molecule has 0 spiro atoms. The average Bonchev–Trinajstić information content (AvgIpc) is 2.46. The third-order valence-electron chi connectivity index (χ3n) is 3.04. The first-order valence-electron chi connectivity index (χ1n) is 6.68. The fourth-order valence-electron chi connectivity index (χ4n) is 2.05. The van der Waals surface area contributed by atoms with Crippen LogP contribution in [0.1, 0.15) is 18.5 Å². The van der Waals surface area contributed by atoms with Crippen LogP contribution in [0.2, 0.25) is 0 Å². The van der Waals surface area contributed by atoms with Gasteiger partial charge in [0.15, 0.2) is 17.4 Å². The Labute approximate surface area is 121 Å². The number of rotatable bonds is 6. The molecule has 0 aliphatic carbocycles. The maximum Gasteiger partial charge on any atom is 0.190 e. The number of benzene rings is 2. The minimum atomic E-state index is -0.779. The highest BCUT2D eigenvalue weighted by molar-refractivity contribution is 5.27. The number of hydrogen-bond donors (Lipinski definition) is 1. The molecule has 0 amide bonds. The Kier molecular flexibility index (Phi) is 5.22. The van der Waals surface area contributed by atoms with Gasteiger partial charge in [-0.25, -0.2) is 13.2 Å². The molecule has 0 heterocycles. The standard InChI is InChI=1S/C16H16F3NO/c1-2-20-15(11-6-3-4-7-12(11)17)10-21-16-13(18)8-5-9-14(16)19/h3-9,15,20H,2,10H2,1H3. The van der Waals surface area contributed by atoms with Crippen molar-refractivity contribution >= 4 is 0 Å². The molecule has 0 saturated carbocycles. The van der Waals surface area contributed by atoms with E-state index in [1.807, 2.05) is 6.92 Å². The number of hydrogen-bond acceptors (Lipinski definition) is 2. The Morgan fingerprint density at radius 1 is 0.952 bits per heavy atom. The normalized spacial score (nSPS) is 12.2. The van der Waals surface area contributed by atoms with Crippen molar-refractivity contribution in [2.24, 2.45) is 0 Å². The lowest BCUT2D eigenvalue weighted by Crippen LogP contribution is -2.27. The molecule has 1 unspecified atom stereocenters. The molecule has 21 heavy (non-hydrogen) atoms. The molecule has 1 atom stereocenters. The molecule has 0 radical (unpaired) electrons. The number of nitrogens with one attached hydrogen (secondary N) is 1. The molecular formula is C16H16F3NO. The van der Waals surface area contributed by atoms with Crippen molar-refractivity contribution in [3.63, 3.8) is 0 Å². The van der Waals surface area contributed by atoms with Crippen molar-refractivity contribution in [2.45, 2.75) is 13.0 Å². The largest absolute Gasteiger partial charge is 0.486 e. The Morgan fingerprint density at radius 2 is 1.57 bits per heavy atom. The quantitative estimate of drug-likeness (QED) is 0.874. The van der Waals surface area contributed by atoms with Crippen molar-refractivity contribution in [1.82, 2.24) is 5.32 Å². The van der Waals surface area contributed by atoms with Crippen LogP contribution in [0.5, 0.6) is 5.75 Å². The third kappa shape index (κ3) is 3.76. The number of halogens is 3. The van der Waals surface area contributed by atoms with Crippen molar-refractivity contribution < 1.29 is 17.9 Å². The number of para-hydroxylation sites is 1. The molecule has 2 aromatic carbocycles. The number of ether oxygens (including phenoxy) is 1. The lowest BCUT2D eigenvalue weighted by atomic mass is 10.1. The second-order valence-electron chi connectivity index (χ2n) is 4.49. The average molecular weight is 295 g/mol. The fourth-order valence-corrected chi connectivity index (χ4v) is 2.05. The molecule has 0 aliphatic rings. The van der Waals surface area contributed by atoms with Crippen LogP contribution in [0.3, 0.4) is 0 Å². The Hall–Kier alpha value is -2.01. The molecule has 0 bridgehead atoms. The summed E-state index contributed by atoms with van der Waals surface area (Å²) in [6.45, 7) is 2.35. The van der Waals surface area contributed by atoms with E-state index in [1.54, 1.807) is 18.2 Å². The van der Waals surface area contributed by atoms with Crippen LogP contribution in [-0.4, -0.2) is 13.2 Å². The van der Waals surface area contributed by atoms with Crippen molar-refractivity contribution in [3.05, 3.63) is 65.5 Å². The molecular weight excluding hydrogens is 279 g/mol. The van der Waals surface area contributed by atoms with Gasteiger partial charge in [-0.3, -0.25) is 0 Å². The SMILES string of the molecule is CCNC(COc1c(F)cccc1F)c1ccccc1F. The topological polar surface area (TPSA) is 21.3 Å². The van der Waals surface area contributed by atoms with Gasteiger partial charge in [0.2, 0.25) is 0 Å². The van der Waals surface area contributed by atoms with Gasteiger partial charge in [0.1, 0.15) is 12.4 Å². The molecule has 112 valence electrons. The molecule has 2 rings (SSSR count). The Balaban J connectivity index is 2.16. The summed E-state index contributed by atoms with van der Waals surface area (Å²) in [4.78, 5) is 0. The van der Waals surface area contributed by atoms with Gasteiger partial charge in [0.05, 0.1) is 6.04 Å². The summed E-state index contributed by atoms with van der Waals surface area (Å²) in [5.74, 6) is -2.39. The summed E-state index contributed by atoms with van der Waals surface area (Å²) in [7, 11) is 0. The van der Waals surface area contributed by atoms with Gasteiger partial charge in [-0.1, -0.05) is 31.2 Å². The van der Waals surface area contributed by atoms with E-state index in [-0.39, 0.29) is 12.4 Å². The van der Waals surface area contributed by atoms with E-state index in [0.717, 1.165) is 12.1 Å². The highest BCUT2D eigenvalue weighted by Crippen LogP contribution is 2.23. The first-order chi connectivity index (χ1) is 10.1. The van der Waals surface area contributed by atoms with Gasteiger partial charge in [-0.15, -0.1) is 0 Å². The first-order valence-corrected chi connectivity index (χ1v) is 6.68. The van der Waals surface area contributed by atoms with E-state index < -0.39 is 23.4 Å². The second-order valence-corrected chi connectivity index (χ2v) is 4.49. The molecule has 0 aliphatic heterocycles. The van der Waals surface area contributed by atoms with Crippen molar-refractivity contribution in [2.75, 3.05) is 13.2 Å². The van der Waals surface area contributed by atoms with Crippen molar-refractivity contribution in [3.8, 4) is 5.75 Å². The van der Waals surface area contributed by atoms with Crippen LogP contribution < -0.4 is 10.1 Å². The van der Waals surface area contributed by atoms with Crippen molar-refractivity contribution in [1.29, 1.82) is 0 Å². The predicted octanol–water partition coefficient (Wildman–Crippen LogP) is 3.83. The summed E-state index contributed by atoms with van der Waals surface area (Å²) in [6, 6.07) is 9.23. The monoisotopic (exact) mass is 295 g/mol. The van der Waals surface area contributed by atoms with E-state index >= 15 is 0 Å². The smallest absolute Gasteiger partial charge is 0.190 e. The van der Waals surface area contributed by atoms with Crippen LogP contribution in [0, 0.1) is 17.5 Å². The zero-order valence-corrected chi connectivity index (χ0v) is 11.6. The van der Waals surface area contributed by atoms with Gasteiger partial charge in [-0.05, 0) is 24.7 Å². The maximum absolute atomic E-state index is 13.8. The zero-order valence-electron chi connectivity index (χ0n) is 11.6. The third-order valence-corrected chi connectivity index (χ3v) is 3.04. The van der Waals surface area contributed by atoms with Gasteiger partial charge in [0.25, 0.3) is 0 Å². The molecule has 0 fully saturated rings. The summed E-state index contributed by atoms with van der Waals surface area (Å²) in [5, 5.41) is 3.04. The van der Waals surface area contributed by atoms with Crippen LogP contribution in [0.15, 0.2) is 42.5 Å². The summed E-state index contributed by atoms with van der Waals surface area (Å²) in [5.41, 5.74) is 0.399. The van der Waals surface area contributed by atoms with Crippen LogP contribution >= 0.6 is 0 Å². The van der Waals surface area contributed by atoms with Crippen LogP contribution in [0.4, 0.5) is 13.2 Å². The highest BCUT2D eigenvalue weighted by Gasteiger charge is 2.17. The predicted molar refractivity (Wildman–Crippen MR) is 74.7 cm³/mol. The van der Waals surface area contributed by atoms with Crippen LogP contribution in [0.25, 0.3) is 0 Å². The second kappa shape index (κ2) is 7.13. The summed E-state index contributed by atoms with van der Waals surface area (Å²) in [6.07, 6.45) is 0. The van der Waals surface area contributed by atoms with E-state index in [4.69, 9.17) is 4.74 Å². The Bertz CT molecular complexity index is 584. The van der Waals surface area contributed by atoms with Gasteiger partial charge < -0.3 is 10.1 Å². The summed E-state index contributed by atoms with van der Waals surface area (Å²) >= 11 is 0. The lowest BCUT2D eigenvalue weighted by Gasteiger charge is -2.20. The number of likely N-dealkylation sites (N-methyl/N-ethyl adjacent to an activating group) is 1. The fraction of sp³-hybridized carbons (Fsp3) is 0.250. The lowest BCUT2D eigenvalue weighted by molar-refractivity contribution is 0.243. The minimum absolute atomic E-state index is 0.0768. The van der Waals surface area contributed by atoms with E-state index in [1.165, 1.54) is 12.1 Å². The highest BCUT2D eigenvalue weighted by atomic mass is 19.1. The van der Waals surface area contributed by atoms with E-state index in [9.17, 15) is 13.2 Å². The van der Waals surface area contributed by atoms with E-state index in [2.05, 4.69) is 5.32 Å². The molecule has 0 saturated heterocycles. The Morgan fingerprint density at radius 3 is 2.19 bits per heavy atom. The van der Waals surface area contributed by atoms with Gasteiger partial charge in [-0.2, -0.15) is 0 Å². The maximum atomic E-state index is 13.8. The zero-order chi connectivity index (χ0) is 15.2. The van der Waals surface area contributed by atoms with Gasteiger partial charge >= 0.3 is 0 Å². The molecule has 5 heteroatoms. The molecule has 1 N–H and O–H groups in total. The molecule has 0 aromatic heterocycles. The molecule has 2 nitrogen and oxygen atoms in total. The first kappa shape index (κ1) is 15.4. The van der Waals surface area contributed by atoms with Gasteiger partial charge in [0, 0.05) is 5.56 Å². The van der Waals surface area contributed by atoms with E-state index in [0.29, 0.717) is 12.1 Å². The summed E-state index contributed by atoms with van der Waals surface area (Å²) < 4.78 is 46.0. The minimum Gasteiger partial charge on any atom is -0.486 e. The van der Waals surface area contributed by atoms with Crippen LogP contribution in [-0.2, 0) is 0 Å². The molecule has 2 aromatic rings.